The summed E-state index contributed by atoms with van der Waals surface area (Å²) in [6.07, 6.45) is 1.58. The van der Waals surface area contributed by atoms with Crippen LogP contribution in [0.4, 0.5) is 0 Å². The van der Waals surface area contributed by atoms with Gasteiger partial charge in [-0.1, -0.05) is 6.07 Å². The molecule has 102 valence electrons. The highest BCUT2D eigenvalue weighted by molar-refractivity contribution is 5.43. The van der Waals surface area contributed by atoms with Gasteiger partial charge in [-0.2, -0.15) is 5.10 Å². The lowest BCUT2D eigenvalue weighted by Gasteiger charge is -2.13. The fourth-order valence-electron chi connectivity index (χ4n) is 2.05. The Labute approximate surface area is 112 Å². The van der Waals surface area contributed by atoms with Gasteiger partial charge in [0.25, 0.3) is 0 Å². The van der Waals surface area contributed by atoms with Crippen molar-refractivity contribution in [2.24, 2.45) is 7.05 Å². The van der Waals surface area contributed by atoms with Crippen molar-refractivity contribution in [1.82, 2.24) is 9.78 Å². The highest BCUT2D eigenvalue weighted by Gasteiger charge is 2.13. The Morgan fingerprint density at radius 3 is 2.53 bits per heavy atom. The molecule has 0 aliphatic carbocycles. The standard InChI is InChI=1S/C14H18N2O3/c1-16-11(6-7-15-16)12(17)8-10-4-5-13(18-2)14(9-10)19-3/h4-7,9,12,17H,8H2,1-3H3. The lowest BCUT2D eigenvalue weighted by atomic mass is 10.1. The normalized spacial score (nSPS) is 12.2. The fraction of sp³-hybridized carbons (Fsp3) is 0.357. The summed E-state index contributed by atoms with van der Waals surface area (Å²) in [7, 11) is 5.01. The number of hydrogen-bond donors (Lipinski definition) is 1. The van der Waals surface area contributed by atoms with E-state index >= 15 is 0 Å². The van der Waals surface area contributed by atoms with Crippen molar-refractivity contribution in [3.63, 3.8) is 0 Å². The number of ether oxygens (including phenoxy) is 2. The second kappa shape index (κ2) is 5.75. The van der Waals surface area contributed by atoms with Crippen LogP contribution in [-0.2, 0) is 13.5 Å². The first kappa shape index (κ1) is 13.4. The molecule has 5 nitrogen and oxygen atoms in total. The van der Waals surface area contributed by atoms with Gasteiger partial charge in [0.15, 0.2) is 11.5 Å². The predicted molar refractivity (Wildman–Crippen MR) is 71.4 cm³/mol. The number of aromatic nitrogens is 2. The third-order valence-corrected chi connectivity index (χ3v) is 3.08. The van der Waals surface area contributed by atoms with E-state index in [4.69, 9.17) is 9.47 Å². The van der Waals surface area contributed by atoms with Gasteiger partial charge >= 0.3 is 0 Å². The minimum atomic E-state index is -0.592. The van der Waals surface area contributed by atoms with E-state index in [0.717, 1.165) is 11.3 Å². The molecule has 0 radical (unpaired) electrons. The molecule has 5 heteroatoms. The minimum Gasteiger partial charge on any atom is -0.493 e. The van der Waals surface area contributed by atoms with Crippen molar-refractivity contribution in [1.29, 1.82) is 0 Å². The molecule has 2 rings (SSSR count). The van der Waals surface area contributed by atoms with Crippen LogP contribution < -0.4 is 9.47 Å². The molecule has 1 aromatic carbocycles. The number of nitrogens with zero attached hydrogens (tertiary/aromatic N) is 2. The smallest absolute Gasteiger partial charge is 0.160 e. The van der Waals surface area contributed by atoms with E-state index in [1.54, 1.807) is 25.1 Å². The Kier molecular flexibility index (Phi) is 4.06. The molecule has 1 heterocycles. The Morgan fingerprint density at radius 1 is 1.21 bits per heavy atom. The van der Waals surface area contributed by atoms with Crippen LogP contribution in [0.2, 0.25) is 0 Å². The summed E-state index contributed by atoms with van der Waals surface area (Å²) in [6.45, 7) is 0. The van der Waals surface area contributed by atoms with Crippen LogP contribution in [0.5, 0.6) is 11.5 Å². The molecule has 0 fully saturated rings. The summed E-state index contributed by atoms with van der Waals surface area (Å²) in [5.74, 6) is 1.35. The van der Waals surface area contributed by atoms with E-state index in [1.165, 1.54) is 0 Å². The van der Waals surface area contributed by atoms with Gasteiger partial charge in [0.1, 0.15) is 0 Å². The number of rotatable bonds is 5. The van der Waals surface area contributed by atoms with Gasteiger partial charge in [-0.15, -0.1) is 0 Å². The van der Waals surface area contributed by atoms with Gasteiger partial charge < -0.3 is 14.6 Å². The summed E-state index contributed by atoms with van der Waals surface area (Å²) in [5, 5.41) is 14.3. The number of aryl methyl sites for hydroxylation is 1. The van der Waals surface area contributed by atoms with Crippen LogP contribution in [0.1, 0.15) is 17.4 Å². The zero-order chi connectivity index (χ0) is 13.8. The topological polar surface area (TPSA) is 56.5 Å². The maximum atomic E-state index is 10.2. The lowest BCUT2D eigenvalue weighted by Crippen LogP contribution is -2.08. The number of methoxy groups -OCH3 is 2. The van der Waals surface area contributed by atoms with Crippen molar-refractivity contribution >= 4 is 0 Å². The predicted octanol–water partition coefficient (Wildman–Crippen LogP) is 1.71. The molecule has 2 aromatic rings. The van der Waals surface area contributed by atoms with E-state index in [1.807, 2.05) is 31.3 Å². The lowest BCUT2D eigenvalue weighted by molar-refractivity contribution is 0.168. The van der Waals surface area contributed by atoms with E-state index in [9.17, 15) is 5.11 Å². The summed E-state index contributed by atoms with van der Waals surface area (Å²) in [4.78, 5) is 0. The number of hydrogen-bond acceptors (Lipinski definition) is 4. The Morgan fingerprint density at radius 2 is 1.95 bits per heavy atom. The Bertz CT molecular complexity index is 551. The molecule has 1 aromatic heterocycles. The first-order valence-electron chi connectivity index (χ1n) is 6.02. The quantitative estimate of drug-likeness (QED) is 0.891. The largest absolute Gasteiger partial charge is 0.493 e. The number of aliphatic hydroxyl groups is 1. The van der Waals surface area contributed by atoms with Gasteiger partial charge in [0.05, 0.1) is 26.0 Å². The van der Waals surface area contributed by atoms with Gasteiger partial charge in [-0.05, 0) is 23.8 Å². The molecule has 0 saturated carbocycles. The Hall–Kier alpha value is -2.01. The van der Waals surface area contributed by atoms with Crippen molar-refractivity contribution in [3.8, 4) is 11.5 Å². The van der Waals surface area contributed by atoms with Crippen LogP contribution >= 0.6 is 0 Å². The van der Waals surface area contributed by atoms with Crippen LogP contribution in [-0.4, -0.2) is 29.1 Å². The summed E-state index contributed by atoms with van der Waals surface area (Å²) >= 11 is 0. The fourth-order valence-corrected chi connectivity index (χ4v) is 2.05. The number of benzene rings is 1. The molecular formula is C14H18N2O3. The maximum absolute atomic E-state index is 10.2. The van der Waals surface area contributed by atoms with Crippen LogP contribution in [0, 0.1) is 0 Å². The molecule has 0 aliphatic heterocycles. The molecule has 0 bridgehead atoms. The van der Waals surface area contributed by atoms with E-state index in [0.29, 0.717) is 17.9 Å². The summed E-state index contributed by atoms with van der Waals surface area (Å²) in [5.41, 5.74) is 1.76. The summed E-state index contributed by atoms with van der Waals surface area (Å²) < 4.78 is 12.1. The molecule has 0 saturated heterocycles. The third kappa shape index (κ3) is 2.88. The second-order valence-corrected chi connectivity index (χ2v) is 4.29. The van der Waals surface area contributed by atoms with Crippen molar-refractivity contribution in [2.45, 2.75) is 12.5 Å². The Balaban J connectivity index is 2.17. The molecule has 1 unspecified atom stereocenters. The second-order valence-electron chi connectivity index (χ2n) is 4.29. The highest BCUT2D eigenvalue weighted by Crippen LogP contribution is 2.29. The van der Waals surface area contributed by atoms with Crippen LogP contribution in [0.15, 0.2) is 30.5 Å². The SMILES string of the molecule is COc1ccc(CC(O)c2ccnn2C)cc1OC. The van der Waals surface area contributed by atoms with E-state index in [2.05, 4.69) is 5.10 Å². The number of aliphatic hydroxyl groups excluding tert-OH is 1. The van der Waals surface area contributed by atoms with Gasteiger partial charge in [-0.25, -0.2) is 0 Å². The monoisotopic (exact) mass is 262 g/mol. The first-order chi connectivity index (χ1) is 9.15. The summed E-state index contributed by atoms with van der Waals surface area (Å²) in [6, 6.07) is 7.44. The zero-order valence-electron chi connectivity index (χ0n) is 11.3. The van der Waals surface area contributed by atoms with E-state index in [-0.39, 0.29) is 0 Å². The van der Waals surface area contributed by atoms with Crippen molar-refractivity contribution in [3.05, 3.63) is 41.7 Å². The minimum absolute atomic E-state index is 0.500. The van der Waals surface area contributed by atoms with E-state index < -0.39 is 6.10 Å². The van der Waals surface area contributed by atoms with Gasteiger partial charge in [0, 0.05) is 19.7 Å². The molecule has 19 heavy (non-hydrogen) atoms. The zero-order valence-corrected chi connectivity index (χ0v) is 11.3. The van der Waals surface area contributed by atoms with Crippen molar-refractivity contribution < 1.29 is 14.6 Å². The molecule has 1 atom stereocenters. The molecule has 0 spiro atoms. The van der Waals surface area contributed by atoms with Gasteiger partial charge in [-0.3, -0.25) is 4.68 Å². The molecule has 0 amide bonds. The van der Waals surface area contributed by atoms with Gasteiger partial charge in [0.2, 0.25) is 0 Å². The molecule has 1 N–H and O–H groups in total. The molecular weight excluding hydrogens is 244 g/mol. The van der Waals surface area contributed by atoms with Crippen LogP contribution in [0.3, 0.4) is 0 Å². The highest BCUT2D eigenvalue weighted by atomic mass is 16.5. The van der Waals surface area contributed by atoms with Crippen LogP contribution in [0.25, 0.3) is 0 Å². The average molecular weight is 262 g/mol. The molecule has 0 aliphatic rings. The average Bonchev–Trinajstić information content (AvgIpc) is 2.85. The third-order valence-electron chi connectivity index (χ3n) is 3.08. The first-order valence-corrected chi connectivity index (χ1v) is 6.02. The maximum Gasteiger partial charge on any atom is 0.160 e. The van der Waals surface area contributed by atoms with Crippen molar-refractivity contribution in [2.75, 3.05) is 14.2 Å².